The molecule has 0 bridgehead atoms. The van der Waals surface area contributed by atoms with Crippen LogP contribution >= 0.6 is 0 Å². The van der Waals surface area contributed by atoms with Gasteiger partial charge in [-0.3, -0.25) is 0 Å². The Bertz CT molecular complexity index is 812. The number of ether oxygens (including phenoxy) is 1. The number of amides is 1. The van der Waals surface area contributed by atoms with Crippen molar-refractivity contribution in [3.8, 4) is 0 Å². The monoisotopic (exact) mass is 375 g/mol. The van der Waals surface area contributed by atoms with Gasteiger partial charge >= 0.3 is 6.09 Å². The van der Waals surface area contributed by atoms with Crippen LogP contribution in [0.1, 0.15) is 32.8 Å². The average molecular weight is 375 g/mol. The second-order valence-electron chi connectivity index (χ2n) is 7.02. The summed E-state index contributed by atoms with van der Waals surface area (Å²) in [5.41, 5.74) is 0.302. The Kier molecular flexibility index (Phi) is 6.42. The van der Waals surface area contributed by atoms with E-state index in [1.54, 1.807) is 39.0 Å². The van der Waals surface area contributed by atoms with Gasteiger partial charge in [0.15, 0.2) is 9.84 Å². The van der Waals surface area contributed by atoms with E-state index in [4.69, 9.17) is 4.74 Å². The lowest BCUT2D eigenvalue weighted by molar-refractivity contribution is 0.0518. The predicted octanol–water partition coefficient (Wildman–Crippen LogP) is 3.94. The minimum atomic E-state index is -3.73. The summed E-state index contributed by atoms with van der Waals surface area (Å²) in [5.74, 6) is 0. The summed E-state index contributed by atoms with van der Waals surface area (Å²) in [6.07, 6.45) is 0.0310. The van der Waals surface area contributed by atoms with Gasteiger partial charge in [0, 0.05) is 0 Å². The molecule has 140 valence electrons. The number of sulfone groups is 1. The summed E-state index contributed by atoms with van der Waals surface area (Å²) in [7, 11) is -3.73. The summed E-state index contributed by atoms with van der Waals surface area (Å²) >= 11 is 0. The molecule has 0 radical (unpaired) electrons. The van der Waals surface area contributed by atoms with Gasteiger partial charge in [0.05, 0.1) is 4.90 Å². The van der Waals surface area contributed by atoms with Crippen molar-refractivity contribution in [3.05, 3.63) is 66.2 Å². The fourth-order valence-corrected chi connectivity index (χ4v) is 4.01. The highest BCUT2D eigenvalue weighted by molar-refractivity contribution is 7.92. The van der Waals surface area contributed by atoms with Gasteiger partial charge in [0.25, 0.3) is 0 Å². The molecule has 1 N–H and O–H groups in total. The Balaban J connectivity index is 2.21. The molecule has 2 aromatic rings. The van der Waals surface area contributed by atoms with Crippen LogP contribution in [-0.2, 0) is 21.0 Å². The molecular weight excluding hydrogens is 350 g/mol. The Hall–Kier alpha value is -2.34. The van der Waals surface area contributed by atoms with Crippen molar-refractivity contribution in [2.45, 2.75) is 49.5 Å². The predicted molar refractivity (Wildman–Crippen MR) is 102 cm³/mol. The fraction of sp³-hybridized carbons (Fsp3) is 0.350. The van der Waals surface area contributed by atoms with E-state index in [9.17, 15) is 13.2 Å². The molecular formula is C20H25NO4S. The third kappa shape index (κ3) is 5.88. The van der Waals surface area contributed by atoms with Gasteiger partial charge in [-0.2, -0.15) is 0 Å². The molecule has 0 heterocycles. The lowest BCUT2D eigenvalue weighted by Crippen LogP contribution is -2.43. The number of aryl methyl sites for hydroxylation is 1. The third-order valence-electron chi connectivity index (χ3n) is 3.66. The molecule has 1 atom stereocenters. The zero-order valence-electron chi connectivity index (χ0n) is 15.3. The maximum atomic E-state index is 13.0. The first-order valence-electron chi connectivity index (χ1n) is 8.51. The molecule has 0 saturated carbocycles. The largest absolute Gasteiger partial charge is 0.444 e. The number of benzene rings is 2. The molecule has 0 aliphatic carbocycles. The molecule has 2 aromatic carbocycles. The van der Waals surface area contributed by atoms with E-state index in [1.807, 2.05) is 30.3 Å². The first kappa shape index (κ1) is 20.0. The van der Waals surface area contributed by atoms with Crippen molar-refractivity contribution in [1.29, 1.82) is 0 Å². The fourth-order valence-electron chi connectivity index (χ4n) is 2.46. The SMILES string of the molecule is CC(C)(C)OC(=O)NC(CCc1ccccc1)S(=O)(=O)c1ccccc1. The molecule has 1 amide bonds. The summed E-state index contributed by atoms with van der Waals surface area (Å²) < 4.78 is 31.2. The van der Waals surface area contributed by atoms with Crippen molar-refractivity contribution < 1.29 is 17.9 Å². The van der Waals surface area contributed by atoms with Crippen LogP contribution in [0, 0.1) is 0 Å². The van der Waals surface area contributed by atoms with Crippen molar-refractivity contribution in [1.82, 2.24) is 5.32 Å². The molecule has 5 nitrogen and oxygen atoms in total. The second-order valence-corrected chi connectivity index (χ2v) is 9.15. The molecule has 0 saturated heterocycles. The Morgan fingerprint density at radius 3 is 2.08 bits per heavy atom. The Morgan fingerprint density at radius 2 is 1.54 bits per heavy atom. The number of nitrogens with one attached hydrogen (secondary N) is 1. The molecule has 0 fully saturated rings. The maximum Gasteiger partial charge on any atom is 0.408 e. The van der Waals surface area contributed by atoms with Crippen LogP contribution in [0.2, 0.25) is 0 Å². The van der Waals surface area contributed by atoms with Gasteiger partial charge in [-0.1, -0.05) is 48.5 Å². The second kappa shape index (κ2) is 8.36. The van der Waals surface area contributed by atoms with Crippen LogP contribution in [0.5, 0.6) is 0 Å². The van der Waals surface area contributed by atoms with Crippen molar-refractivity contribution in [2.75, 3.05) is 0 Å². The minimum Gasteiger partial charge on any atom is -0.444 e. The van der Waals surface area contributed by atoms with Gasteiger partial charge in [0.1, 0.15) is 11.0 Å². The van der Waals surface area contributed by atoms with Gasteiger partial charge < -0.3 is 10.1 Å². The smallest absolute Gasteiger partial charge is 0.408 e. The highest BCUT2D eigenvalue weighted by Gasteiger charge is 2.30. The number of rotatable bonds is 6. The standard InChI is InChI=1S/C20H25NO4S/c1-20(2,3)25-19(22)21-18(15-14-16-10-6-4-7-11-16)26(23,24)17-12-8-5-9-13-17/h4-13,18H,14-15H2,1-3H3,(H,21,22). The van der Waals surface area contributed by atoms with Crippen LogP contribution in [0.3, 0.4) is 0 Å². The molecule has 0 aromatic heterocycles. The van der Waals surface area contributed by atoms with Crippen molar-refractivity contribution >= 4 is 15.9 Å². The minimum absolute atomic E-state index is 0.175. The zero-order valence-corrected chi connectivity index (χ0v) is 16.1. The number of hydrogen-bond acceptors (Lipinski definition) is 4. The highest BCUT2D eigenvalue weighted by Crippen LogP contribution is 2.19. The molecule has 2 rings (SSSR count). The number of carbonyl (C=O) groups is 1. The summed E-state index contributed by atoms with van der Waals surface area (Å²) in [4.78, 5) is 12.3. The maximum absolute atomic E-state index is 13.0. The van der Waals surface area contributed by atoms with Crippen molar-refractivity contribution in [2.24, 2.45) is 0 Å². The van der Waals surface area contributed by atoms with Crippen LogP contribution in [0.25, 0.3) is 0 Å². The molecule has 1 unspecified atom stereocenters. The zero-order chi connectivity index (χ0) is 19.2. The van der Waals surface area contributed by atoms with E-state index >= 15 is 0 Å². The topological polar surface area (TPSA) is 72.5 Å². The summed E-state index contributed by atoms with van der Waals surface area (Å²) in [6.45, 7) is 5.20. The van der Waals surface area contributed by atoms with E-state index in [-0.39, 0.29) is 11.3 Å². The van der Waals surface area contributed by atoms with Crippen LogP contribution in [-0.4, -0.2) is 25.5 Å². The van der Waals surface area contributed by atoms with E-state index in [2.05, 4.69) is 5.32 Å². The number of alkyl carbamates (subject to hydrolysis) is 1. The first-order chi connectivity index (χ1) is 12.2. The molecule has 0 spiro atoms. The quantitative estimate of drug-likeness (QED) is 0.830. The molecule has 26 heavy (non-hydrogen) atoms. The van der Waals surface area contributed by atoms with E-state index < -0.39 is 26.9 Å². The van der Waals surface area contributed by atoms with Crippen molar-refractivity contribution in [3.63, 3.8) is 0 Å². The lowest BCUT2D eigenvalue weighted by atomic mass is 10.1. The highest BCUT2D eigenvalue weighted by atomic mass is 32.2. The van der Waals surface area contributed by atoms with Crippen LogP contribution in [0.15, 0.2) is 65.6 Å². The van der Waals surface area contributed by atoms with Gasteiger partial charge in [-0.05, 0) is 51.3 Å². The van der Waals surface area contributed by atoms with Gasteiger partial charge in [0.2, 0.25) is 0 Å². The van der Waals surface area contributed by atoms with Gasteiger partial charge in [-0.15, -0.1) is 0 Å². The number of hydrogen-bond donors (Lipinski definition) is 1. The third-order valence-corrected chi connectivity index (χ3v) is 5.69. The Morgan fingerprint density at radius 1 is 1.00 bits per heavy atom. The molecule has 0 aliphatic heterocycles. The Labute approximate surface area is 155 Å². The molecule has 6 heteroatoms. The normalized spacial score (nSPS) is 13.0. The average Bonchev–Trinajstić information content (AvgIpc) is 2.58. The van der Waals surface area contributed by atoms with E-state index in [0.717, 1.165) is 5.56 Å². The molecule has 0 aliphatic rings. The van der Waals surface area contributed by atoms with Gasteiger partial charge in [-0.25, -0.2) is 13.2 Å². The van der Waals surface area contributed by atoms with E-state index in [0.29, 0.717) is 6.42 Å². The van der Waals surface area contributed by atoms with Crippen LogP contribution < -0.4 is 5.32 Å². The van der Waals surface area contributed by atoms with E-state index in [1.165, 1.54) is 12.1 Å². The number of carbonyl (C=O) groups excluding carboxylic acids is 1. The lowest BCUT2D eigenvalue weighted by Gasteiger charge is -2.24. The summed E-state index contributed by atoms with van der Waals surface area (Å²) in [5, 5.41) is 1.46. The van der Waals surface area contributed by atoms with Crippen LogP contribution in [0.4, 0.5) is 4.79 Å². The first-order valence-corrected chi connectivity index (χ1v) is 10.1. The summed E-state index contributed by atoms with van der Waals surface area (Å²) in [6, 6.07) is 17.7.